The number of hydrogen-bond acceptors (Lipinski definition) is 4. The van der Waals surface area contributed by atoms with E-state index in [2.05, 4.69) is 10.3 Å². The number of carbonyl (C=O) groups is 1. The van der Waals surface area contributed by atoms with Gasteiger partial charge in [0.15, 0.2) is 12.0 Å². The molecule has 0 bridgehead atoms. The first-order chi connectivity index (χ1) is 10.7. The van der Waals surface area contributed by atoms with Crippen LogP contribution in [0, 0.1) is 5.82 Å². The summed E-state index contributed by atoms with van der Waals surface area (Å²) in [6.07, 6.45) is 0.623. The van der Waals surface area contributed by atoms with Crippen LogP contribution in [0.3, 0.4) is 0 Å². The topological polar surface area (TPSA) is 57.0 Å². The molecule has 0 amide bonds. The van der Waals surface area contributed by atoms with Crippen molar-refractivity contribution >= 4 is 6.29 Å². The number of ether oxygens (including phenoxy) is 1. The van der Waals surface area contributed by atoms with Crippen molar-refractivity contribution in [3.63, 3.8) is 0 Å². The lowest BCUT2D eigenvalue weighted by Crippen LogP contribution is -2.00. The van der Waals surface area contributed by atoms with Crippen molar-refractivity contribution in [2.24, 2.45) is 0 Å². The third-order valence-corrected chi connectivity index (χ3v) is 3.20. The van der Waals surface area contributed by atoms with Crippen LogP contribution in [0.1, 0.15) is 10.5 Å². The van der Waals surface area contributed by atoms with E-state index in [9.17, 15) is 9.18 Å². The maximum absolute atomic E-state index is 13.4. The van der Waals surface area contributed by atoms with Crippen LogP contribution in [0.5, 0.6) is 5.75 Å². The third-order valence-electron chi connectivity index (χ3n) is 3.20. The lowest BCUT2D eigenvalue weighted by molar-refractivity contribution is 0.111. The summed E-state index contributed by atoms with van der Waals surface area (Å²) in [7, 11) is 1.56. The Hall–Kier alpha value is -3.02. The maximum atomic E-state index is 13.4. The second-order valence-electron chi connectivity index (χ2n) is 4.56. The van der Waals surface area contributed by atoms with Gasteiger partial charge in [-0.1, -0.05) is 23.4 Å². The molecule has 0 saturated carbocycles. The minimum absolute atomic E-state index is 0.178. The van der Waals surface area contributed by atoms with Crippen LogP contribution in [0.2, 0.25) is 0 Å². The van der Waals surface area contributed by atoms with Crippen LogP contribution in [0.4, 0.5) is 4.39 Å². The molecule has 0 aliphatic carbocycles. The van der Waals surface area contributed by atoms with Gasteiger partial charge in [0.05, 0.1) is 12.8 Å². The van der Waals surface area contributed by atoms with Gasteiger partial charge in [-0.3, -0.25) is 4.79 Å². The Morgan fingerprint density at radius 2 is 2.00 bits per heavy atom. The molecule has 1 heterocycles. The second kappa shape index (κ2) is 5.77. The molecule has 0 atom stereocenters. The van der Waals surface area contributed by atoms with Crippen LogP contribution < -0.4 is 4.74 Å². The average Bonchev–Trinajstić information content (AvgIpc) is 2.99. The molecule has 110 valence electrons. The third kappa shape index (κ3) is 2.46. The number of aromatic nitrogens is 3. The van der Waals surface area contributed by atoms with Gasteiger partial charge in [-0.25, -0.2) is 9.07 Å². The zero-order chi connectivity index (χ0) is 15.5. The lowest BCUT2D eigenvalue weighted by atomic mass is 10.1. The second-order valence-corrected chi connectivity index (χ2v) is 4.56. The van der Waals surface area contributed by atoms with Gasteiger partial charge in [-0.2, -0.15) is 0 Å². The van der Waals surface area contributed by atoms with Crippen molar-refractivity contribution in [3.8, 4) is 22.7 Å². The molecule has 3 rings (SSSR count). The van der Waals surface area contributed by atoms with Crippen molar-refractivity contribution in [3.05, 3.63) is 60.0 Å². The number of methoxy groups -OCH3 is 1. The molecule has 0 unspecified atom stereocenters. The highest BCUT2D eigenvalue weighted by Gasteiger charge is 2.16. The van der Waals surface area contributed by atoms with E-state index in [1.54, 1.807) is 37.4 Å². The number of rotatable bonds is 4. The summed E-state index contributed by atoms with van der Waals surface area (Å²) in [5.41, 5.74) is 1.85. The Labute approximate surface area is 126 Å². The zero-order valence-electron chi connectivity index (χ0n) is 11.7. The molecule has 5 nitrogen and oxygen atoms in total. The van der Waals surface area contributed by atoms with E-state index in [0.717, 1.165) is 0 Å². The monoisotopic (exact) mass is 297 g/mol. The van der Waals surface area contributed by atoms with Gasteiger partial charge in [-0.05, 0) is 30.3 Å². The fraction of sp³-hybridized carbons (Fsp3) is 0.0625. The lowest BCUT2D eigenvalue weighted by Gasteiger charge is -2.08. The van der Waals surface area contributed by atoms with Crippen molar-refractivity contribution < 1.29 is 13.9 Å². The van der Waals surface area contributed by atoms with Gasteiger partial charge >= 0.3 is 0 Å². The maximum Gasteiger partial charge on any atom is 0.172 e. The standard InChI is InChI=1S/C16H12FN3O2/c1-22-14-7-2-4-11(8-14)16-15(10-21)18-19-20(16)13-6-3-5-12(17)9-13/h2-10H,1H3. The van der Waals surface area contributed by atoms with E-state index < -0.39 is 5.82 Å². The molecule has 0 fully saturated rings. The Balaban J connectivity index is 2.21. The van der Waals surface area contributed by atoms with Crippen molar-refractivity contribution in [1.29, 1.82) is 0 Å². The first kappa shape index (κ1) is 13.9. The molecule has 0 N–H and O–H groups in total. The van der Waals surface area contributed by atoms with Crippen LogP contribution in [-0.4, -0.2) is 28.4 Å². The highest BCUT2D eigenvalue weighted by atomic mass is 19.1. The molecule has 0 saturated heterocycles. The molecular formula is C16H12FN3O2. The van der Waals surface area contributed by atoms with Gasteiger partial charge in [0.1, 0.15) is 17.3 Å². The van der Waals surface area contributed by atoms with Gasteiger partial charge in [0.25, 0.3) is 0 Å². The summed E-state index contributed by atoms with van der Waals surface area (Å²) in [5.74, 6) is 0.249. The molecule has 0 spiro atoms. The number of hydrogen-bond donors (Lipinski definition) is 0. The van der Waals surface area contributed by atoms with Gasteiger partial charge in [0, 0.05) is 5.56 Å². The van der Waals surface area contributed by atoms with Crippen molar-refractivity contribution in [2.75, 3.05) is 7.11 Å². The van der Waals surface area contributed by atoms with Gasteiger partial charge in [-0.15, -0.1) is 5.10 Å². The van der Waals surface area contributed by atoms with E-state index in [4.69, 9.17) is 4.74 Å². The summed E-state index contributed by atoms with van der Waals surface area (Å²) < 4.78 is 20.1. The predicted octanol–water partition coefficient (Wildman–Crippen LogP) is 2.89. The first-order valence-electron chi connectivity index (χ1n) is 6.54. The van der Waals surface area contributed by atoms with Gasteiger partial charge < -0.3 is 4.74 Å². The Morgan fingerprint density at radius 3 is 2.73 bits per heavy atom. The highest BCUT2D eigenvalue weighted by Crippen LogP contribution is 2.27. The Kier molecular flexibility index (Phi) is 3.65. The molecule has 6 heteroatoms. The fourth-order valence-corrected chi connectivity index (χ4v) is 2.20. The van der Waals surface area contributed by atoms with E-state index >= 15 is 0 Å². The Morgan fingerprint density at radius 1 is 1.18 bits per heavy atom. The molecule has 1 aromatic heterocycles. The van der Waals surface area contributed by atoms with Crippen LogP contribution in [0.15, 0.2) is 48.5 Å². The van der Waals surface area contributed by atoms with E-state index in [0.29, 0.717) is 29.0 Å². The minimum Gasteiger partial charge on any atom is -0.497 e. The van der Waals surface area contributed by atoms with Crippen molar-refractivity contribution in [1.82, 2.24) is 15.0 Å². The first-order valence-corrected chi connectivity index (χ1v) is 6.54. The highest BCUT2D eigenvalue weighted by molar-refractivity contribution is 5.84. The number of carbonyl (C=O) groups excluding carboxylic acids is 1. The van der Waals surface area contributed by atoms with Crippen LogP contribution >= 0.6 is 0 Å². The van der Waals surface area contributed by atoms with Crippen molar-refractivity contribution in [2.45, 2.75) is 0 Å². The molecule has 0 aliphatic rings. The number of benzene rings is 2. The molecule has 0 radical (unpaired) electrons. The number of halogens is 1. The van der Waals surface area contributed by atoms with Crippen LogP contribution in [-0.2, 0) is 0 Å². The SMILES string of the molecule is COc1cccc(-c2c(C=O)nnn2-c2cccc(F)c2)c1. The molecule has 3 aromatic rings. The van der Waals surface area contributed by atoms with Crippen LogP contribution in [0.25, 0.3) is 16.9 Å². The summed E-state index contributed by atoms with van der Waals surface area (Å²) in [4.78, 5) is 11.2. The predicted molar refractivity (Wildman–Crippen MR) is 78.7 cm³/mol. The van der Waals surface area contributed by atoms with E-state index in [1.807, 2.05) is 6.07 Å². The van der Waals surface area contributed by atoms with Gasteiger partial charge in [0.2, 0.25) is 0 Å². The van der Waals surface area contributed by atoms with E-state index in [-0.39, 0.29) is 5.69 Å². The summed E-state index contributed by atoms with van der Waals surface area (Å²) >= 11 is 0. The molecule has 0 aliphatic heterocycles. The van der Waals surface area contributed by atoms with E-state index in [1.165, 1.54) is 16.8 Å². The summed E-state index contributed by atoms with van der Waals surface area (Å²) in [5, 5.41) is 7.81. The molecular weight excluding hydrogens is 285 g/mol. The fourth-order valence-electron chi connectivity index (χ4n) is 2.20. The number of nitrogens with zero attached hydrogens (tertiary/aromatic N) is 3. The summed E-state index contributed by atoms with van der Waals surface area (Å²) in [6.45, 7) is 0. The Bertz CT molecular complexity index is 830. The smallest absolute Gasteiger partial charge is 0.172 e. The zero-order valence-corrected chi connectivity index (χ0v) is 11.7. The summed E-state index contributed by atoms with van der Waals surface area (Å²) in [6, 6.07) is 13.1. The quantitative estimate of drug-likeness (QED) is 0.695. The minimum atomic E-state index is -0.391. The molecule has 22 heavy (non-hydrogen) atoms. The largest absolute Gasteiger partial charge is 0.497 e. The molecule has 2 aromatic carbocycles. The number of aldehydes is 1. The average molecular weight is 297 g/mol. The normalized spacial score (nSPS) is 10.5.